The lowest BCUT2D eigenvalue weighted by atomic mass is 10.0. The first kappa shape index (κ1) is 11.1. The van der Waals surface area contributed by atoms with Gasteiger partial charge in [-0.05, 0) is 31.0 Å². The van der Waals surface area contributed by atoms with Crippen LogP contribution >= 0.6 is 15.9 Å². The zero-order valence-corrected chi connectivity index (χ0v) is 10.0. The van der Waals surface area contributed by atoms with Crippen LogP contribution in [0.4, 0.5) is 0 Å². The second-order valence-electron chi connectivity index (χ2n) is 3.65. The highest BCUT2D eigenvalue weighted by Crippen LogP contribution is 2.20. The normalized spacial score (nSPS) is 26.5. The molecule has 15 heavy (non-hydrogen) atoms. The highest BCUT2D eigenvalue weighted by molar-refractivity contribution is 9.10. The van der Waals surface area contributed by atoms with Crippen LogP contribution in [0.3, 0.4) is 0 Å². The minimum atomic E-state index is 0.257. The average molecular weight is 268 g/mol. The largest absolute Gasteiger partial charge is 0.378 e. The fourth-order valence-electron chi connectivity index (χ4n) is 1.69. The summed E-state index contributed by atoms with van der Waals surface area (Å²) in [6, 6.07) is 8.85. The number of ether oxygens (including phenoxy) is 1. The molecule has 1 heterocycles. The van der Waals surface area contributed by atoms with Crippen molar-refractivity contribution in [3.63, 3.8) is 0 Å². The molecule has 0 bridgehead atoms. The predicted molar refractivity (Wildman–Crippen MR) is 64.3 cm³/mol. The molecule has 1 aromatic carbocycles. The molecule has 1 fully saturated rings. The van der Waals surface area contributed by atoms with Crippen molar-refractivity contribution < 1.29 is 4.74 Å². The second-order valence-corrected chi connectivity index (χ2v) is 4.57. The molecule has 2 unspecified atom stereocenters. The first-order chi connectivity index (χ1) is 7.29. The molecule has 1 N–H and O–H groups in total. The molecule has 3 heteroatoms. The number of morpholine rings is 1. The van der Waals surface area contributed by atoms with E-state index in [9.17, 15) is 0 Å². The van der Waals surface area contributed by atoms with Gasteiger partial charge in [-0.3, -0.25) is 0 Å². The molecule has 2 nitrogen and oxygen atoms in total. The van der Waals surface area contributed by atoms with Crippen molar-refractivity contribution in [1.29, 1.82) is 0 Å². The smallest absolute Gasteiger partial charge is 0.0662 e. The Morgan fingerprint density at radius 2 is 2.07 bits per heavy atom. The standard InChI is InChI=1S/C12H14BrNO/c1-2-11-7-15-8-12(14-11)9-3-5-10(13)6-4-9/h2-6,11-12,14H,1,7-8H2. The van der Waals surface area contributed by atoms with Gasteiger partial charge < -0.3 is 10.1 Å². The molecule has 1 aliphatic heterocycles. The molecule has 1 aliphatic rings. The Bertz CT molecular complexity index is 312. The van der Waals surface area contributed by atoms with E-state index in [0.717, 1.165) is 17.7 Å². The highest BCUT2D eigenvalue weighted by atomic mass is 79.9. The number of halogens is 1. The Kier molecular flexibility index (Phi) is 3.78. The zero-order chi connectivity index (χ0) is 10.7. The summed E-state index contributed by atoms with van der Waals surface area (Å²) in [7, 11) is 0. The molecule has 2 rings (SSSR count). The maximum absolute atomic E-state index is 5.52. The van der Waals surface area contributed by atoms with Gasteiger partial charge in [-0.25, -0.2) is 0 Å². The van der Waals surface area contributed by atoms with E-state index in [-0.39, 0.29) is 12.1 Å². The van der Waals surface area contributed by atoms with Crippen LogP contribution in [0.2, 0.25) is 0 Å². The fraction of sp³-hybridized carbons (Fsp3) is 0.333. The minimum absolute atomic E-state index is 0.257. The second kappa shape index (κ2) is 5.10. The molecule has 1 aromatic rings. The Morgan fingerprint density at radius 1 is 1.33 bits per heavy atom. The quantitative estimate of drug-likeness (QED) is 0.889. The van der Waals surface area contributed by atoms with Crippen LogP contribution in [-0.2, 0) is 4.74 Å². The number of benzene rings is 1. The van der Waals surface area contributed by atoms with Crippen molar-refractivity contribution in [3.05, 3.63) is 47.6 Å². The lowest BCUT2D eigenvalue weighted by Crippen LogP contribution is -2.43. The summed E-state index contributed by atoms with van der Waals surface area (Å²) in [6.45, 7) is 5.22. The van der Waals surface area contributed by atoms with Crippen molar-refractivity contribution in [2.45, 2.75) is 12.1 Å². The third-order valence-corrected chi connectivity index (χ3v) is 3.08. The monoisotopic (exact) mass is 267 g/mol. The molecule has 0 aromatic heterocycles. The average Bonchev–Trinajstić information content (AvgIpc) is 2.30. The van der Waals surface area contributed by atoms with E-state index in [1.54, 1.807) is 0 Å². The maximum Gasteiger partial charge on any atom is 0.0662 e. The number of hydrogen-bond acceptors (Lipinski definition) is 2. The third-order valence-electron chi connectivity index (χ3n) is 2.55. The van der Waals surface area contributed by atoms with Gasteiger partial charge in [0, 0.05) is 10.5 Å². The Morgan fingerprint density at radius 3 is 2.73 bits per heavy atom. The van der Waals surface area contributed by atoms with Gasteiger partial charge in [-0.1, -0.05) is 28.1 Å². The molecule has 2 radical (unpaired) electrons. The van der Waals surface area contributed by atoms with Crippen LogP contribution in [0.1, 0.15) is 11.6 Å². The lowest BCUT2D eigenvalue weighted by Gasteiger charge is -2.30. The number of rotatable bonds is 2. The summed E-state index contributed by atoms with van der Waals surface area (Å²) in [6.07, 6.45) is 1.89. The Labute approximate surface area is 99.1 Å². The molecule has 0 amide bonds. The molecular formula is C12H14BrNO. The highest BCUT2D eigenvalue weighted by Gasteiger charge is 2.21. The summed E-state index contributed by atoms with van der Waals surface area (Å²) in [5, 5.41) is 3.48. The first-order valence-corrected chi connectivity index (χ1v) is 5.80. The van der Waals surface area contributed by atoms with Crippen LogP contribution in [0.5, 0.6) is 0 Å². The fourth-order valence-corrected chi connectivity index (χ4v) is 1.96. The Hall–Kier alpha value is -0.380. The van der Waals surface area contributed by atoms with Gasteiger partial charge in [0.2, 0.25) is 0 Å². The van der Waals surface area contributed by atoms with E-state index in [1.165, 1.54) is 5.56 Å². The van der Waals surface area contributed by atoms with Crippen molar-refractivity contribution in [2.75, 3.05) is 13.2 Å². The number of hydrogen-bond donors (Lipinski definition) is 1. The van der Waals surface area contributed by atoms with Crippen molar-refractivity contribution in [2.24, 2.45) is 0 Å². The molecule has 1 saturated heterocycles. The van der Waals surface area contributed by atoms with E-state index in [4.69, 9.17) is 4.74 Å². The first-order valence-electron chi connectivity index (χ1n) is 5.01. The topological polar surface area (TPSA) is 21.3 Å². The molecule has 0 aliphatic carbocycles. The van der Waals surface area contributed by atoms with E-state index >= 15 is 0 Å². The molecule has 0 saturated carbocycles. The van der Waals surface area contributed by atoms with Crippen LogP contribution in [0.15, 0.2) is 28.7 Å². The van der Waals surface area contributed by atoms with Gasteiger partial charge >= 0.3 is 0 Å². The number of nitrogens with one attached hydrogen (secondary N) is 1. The zero-order valence-electron chi connectivity index (χ0n) is 8.45. The minimum Gasteiger partial charge on any atom is -0.378 e. The molecule has 80 valence electrons. The van der Waals surface area contributed by atoms with Crippen LogP contribution in [-0.4, -0.2) is 19.3 Å². The van der Waals surface area contributed by atoms with Gasteiger partial charge in [0.1, 0.15) is 0 Å². The van der Waals surface area contributed by atoms with Crippen LogP contribution in [0, 0.1) is 13.3 Å². The summed E-state index contributed by atoms with van der Waals surface area (Å²) >= 11 is 3.43. The summed E-state index contributed by atoms with van der Waals surface area (Å²) in [5.74, 6) is 0. The van der Waals surface area contributed by atoms with E-state index in [2.05, 4.69) is 52.4 Å². The Balaban J connectivity index is 2.06. The van der Waals surface area contributed by atoms with Crippen LogP contribution < -0.4 is 5.32 Å². The molecule has 0 spiro atoms. The lowest BCUT2D eigenvalue weighted by molar-refractivity contribution is 0.0548. The van der Waals surface area contributed by atoms with E-state index < -0.39 is 0 Å². The summed E-state index contributed by atoms with van der Waals surface area (Å²) < 4.78 is 6.63. The van der Waals surface area contributed by atoms with Crippen molar-refractivity contribution in [3.8, 4) is 0 Å². The summed E-state index contributed by atoms with van der Waals surface area (Å²) in [4.78, 5) is 0. The maximum atomic E-state index is 5.52. The molecule has 2 atom stereocenters. The third kappa shape index (κ3) is 2.80. The SMILES string of the molecule is [CH2][CH]C1COCC(c2ccc(Br)cc2)N1. The van der Waals surface area contributed by atoms with E-state index in [1.807, 2.05) is 6.42 Å². The van der Waals surface area contributed by atoms with Crippen LogP contribution in [0.25, 0.3) is 0 Å². The summed E-state index contributed by atoms with van der Waals surface area (Å²) in [5.41, 5.74) is 1.25. The predicted octanol–water partition coefficient (Wildman–Crippen LogP) is 2.52. The van der Waals surface area contributed by atoms with Crippen molar-refractivity contribution in [1.82, 2.24) is 5.32 Å². The van der Waals surface area contributed by atoms with Gasteiger partial charge in [-0.15, -0.1) is 0 Å². The van der Waals surface area contributed by atoms with Gasteiger partial charge in [0.25, 0.3) is 0 Å². The van der Waals surface area contributed by atoms with Gasteiger partial charge in [-0.2, -0.15) is 0 Å². The van der Waals surface area contributed by atoms with Gasteiger partial charge in [0.15, 0.2) is 0 Å². The van der Waals surface area contributed by atoms with Gasteiger partial charge in [0.05, 0.1) is 19.3 Å². The van der Waals surface area contributed by atoms with E-state index in [0.29, 0.717) is 0 Å². The van der Waals surface area contributed by atoms with Crippen molar-refractivity contribution >= 4 is 15.9 Å². The molecular weight excluding hydrogens is 254 g/mol.